The van der Waals surface area contributed by atoms with Crippen LogP contribution in [0.25, 0.3) is 0 Å². The molecule has 0 aromatic heterocycles. The number of rotatable bonds is 3. The van der Waals surface area contributed by atoms with Crippen LogP contribution in [-0.2, 0) is 0 Å². The van der Waals surface area contributed by atoms with E-state index in [1.54, 1.807) is 0 Å². The molecule has 0 aliphatic carbocycles. The van der Waals surface area contributed by atoms with Crippen molar-refractivity contribution in [2.75, 3.05) is 19.3 Å². The summed E-state index contributed by atoms with van der Waals surface area (Å²) in [5.41, 5.74) is 0. The molecule has 0 aromatic rings. The summed E-state index contributed by atoms with van der Waals surface area (Å²) >= 11 is 1.86. The molecule has 1 nitrogen and oxygen atoms in total. The quantitative estimate of drug-likeness (QED) is 0.519. The fourth-order valence-electron chi connectivity index (χ4n) is 0.312. The first-order chi connectivity index (χ1) is 3.31. The molecule has 0 radical (unpaired) electrons. The van der Waals surface area contributed by atoms with E-state index in [0.29, 0.717) is 0 Å². The Kier molecular flexibility index (Phi) is 4.67. The molecule has 0 saturated heterocycles. The molecule has 0 bridgehead atoms. The lowest BCUT2D eigenvalue weighted by Gasteiger charge is -2.08. The first kappa shape index (κ1) is 7.31. The van der Waals surface area contributed by atoms with Gasteiger partial charge in [-0.05, 0) is 7.05 Å². The van der Waals surface area contributed by atoms with Crippen molar-refractivity contribution in [1.82, 2.24) is 4.31 Å². The van der Waals surface area contributed by atoms with Crippen LogP contribution in [0, 0.1) is 0 Å². The maximum atomic E-state index is 2.22. The van der Waals surface area contributed by atoms with E-state index < -0.39 is 0 Å². The minimum atomic E-state index is 1.14. The number of hydrogen-bond acceptors (Lipinski definition) is 2. The fourth-order valence-corrected chi connectivity index (χ4v) is 0.935. The largest absolute Gasteiger partial charge is 0.254 e. The summed E-state index contributed by atoms with van der Waals surface area (Å²) in [5.74, 6) is 1.18. The lowest BCUT2D eigenvalue weighted by atomic mass is 10.8. The van der Waals surface area contributed by atoms with E-state index in [1.807, 2.05) is 11.9 Å². The molecule has 0 saturated carbocycles. The van der Waals surface area contributed by atoms with Gasteiger partial charge in [-0.15, -0.1) is 0 Å². The third-order valence-corrected chi connectivity index (χ3v) is 1.75. The van der Waals surface area contributed by atoms with Gasteiger partial charge in [0.25, 0.3) is 0 Å². The van der Waals surface area contributed by atoms with E-state index in [1.165, 1.54) is 5.75 Å². The van der Waals surface area contributed by atoms with Crippen LogP contribution in [0.1, 0.15) is 13.8 Å². The Labute approximate surface area is 50.2 Å². The van der Waals surface area contributed by atoms with E-state index >= 15 is 0 Å². The van der Waals surface area contributed by atoms with Crippen molar-refractivity contribution in [3.63, 3.8) is 0 Å². The second-order valence-corrected chi connectivity index (χ2v) is 2.82. The van der Waals surface area contributed by atoms with E-state index in [4.69, 9.17) is 0 Å². The van der Waals surface area contributed by atoms with Crippen LogP contribution in [0.5, 0.6) is 0 Å². The van der Waals surface area contributed by atoms with Gasteiger partial charge in [-0.3, -0.25) is 4.31 Å². The molecule has 0 rings (SSSR count). The van der Waals surface area contributed by atoms with Gasteiger partial charge in [-0.2, -0.15) is 0 Å². The summed E-state index contributed by atoms with van der Waals surface area (Å²) in [6.45, 7) is 5.46. The van der Waals surface area contributed by atoms with Crippen LogP contribution in [0.15, 0.2) is 0 Å². The minimum absolute atomic E-state index is 1.14. The topological polar surface area (TPSA) is 3.24 Å². The van der Waals surface area contributed by atoms with Crippen LogP contribution in [-0.4, -0.2) is 23.7 Å². The van der Waals surface area contributed by atoms with E-state index in [0.717, 1.165) is 6.54 Å². The summed E-state index contributed by atoms with van der Waals surface area (Å²) in [6, 6.07) is 0. The summed E-state index contributed by atoms with van der Waals surface area (Å²) in [7, 11) is 2.11. The van der Waals surface area contributed by atoms with Crippen molar-refractivity contribution in [2.24, 2.45) is 0 Å². The van der Waals surface area contributed by atoms with Crippen molar-refractivity contribution in [3.8, 4) is 0 Å². The van der Waals surface area contributed by atoms with Crippen LogP contribution in [0.3, 0.4) is 0 Å². The highest BCUT2D eigenvalue weighted by Gasteiger charge is 1.87. The summed E-state index contributed by atoms with van der Waals surface area (Å²) in [5, 5.41) is 0. The molecule has 44 valence electrons. The third kappa shape index (κ3) is 4.16. The Hall–Kier alpha value is 0.310. The Morgan fingerprint density at radius 3 is 2.14 bits per heavy atom. The first-order valence-electron chi connectivity index (χ1n) is 2.65. The summed E-state index contributed by atoms with van der Waals surface area (Å²) in [6.07, 6.45) is 0. The second kappa shape index (κ2) is 4.47. The van der Waals surface area contributed by atoms with Crippen LogP contribution >= 0.6 is 11.9 Å². The van der Waals surface area contributed by atoms with Crippen molar-refractivity contribution in [1.29, 1.82) is 0 Å². The molecule has 7 heavy (non-hydrogen) atoms. The van der Waals surface area contributed by atoms with Crippen molar-refractivity contribution >= 4 is 11.9 Å². The van der Waals surface area contributed by atoms with Crippen molar-refractivity contribution in [2.45, 2.75) is 13.8 Å². The van der Waals surface area contributed by atoms with Gasteiger partial charge in [-0.25, -0.2) is 0 Å². The lowest BCUT2D eigenvalue weighted by Crippen LogP contribution is -2.06. The predicted octanol–water partition coefficient (Wildman–Crippen LogP) is 1.61. The summed E-state index contributed by atoms with van der Waals surface area (Å²) in [4.78, 5) is 0. The molecule has 0 aliphatic heterocycles. The molecule has 0 aromatic carbocycles. The third-order valence-electron chi connectivity index (χ3n) is 0.795. The first-order valence-corrected chi connectivity index (χ1v) is 3.59. The van der Waals surface area contributed by atoms with Gasteiger partial charge in [0.15, 0.2) is 0 Å². The molecule has 0 unspecified atom stereocenters. The van der Waals surface area contributed by atoms with Crippen LogP contribution in [0.4, 0.5) is 0 Å². The predicted molar refractivity (Wildman–Crippen MR) is 36.4 cm³/mol. The Morgan fingerprint density at radius 2 is 2.00 bits per heavy atom. The number of hydrogen-bond donors (Lipinski definition) is 0. The normalized spacial score (nSPS) is 10.3. The highest BCUT2D eigenvalue weighted by Crippen LogP contribution is 2.02. The zero-order chi connectivity index (χ0) is 5.70. The van der Waals surface area contributed by atoms with Gasteiger partial charge >= 0.3 is 0 Å². The minimum Gasteiger partial charge on any atom is -0.254 e. The van der Waals surface area contributed by atoms with Gasteiger partial charge < -0.3 is 0 Å². The van der Waals surface area contributed by atoms with Gasteiger partial charge in [0.2, 0.25) is 0 Å². The highest BCUT2D eigenvalue weighted by atomic mass is 32.2. The van der Waals surface area contributed by atoms with Crippen molar-refractivity contribution in [3.05, 3.63) is 0 Å². The molecule has 2 heteroatoms. The van der Waals surface area contributed by atoms with Gasteiger partial charge in [0, 0.05) is 12.3 Å². The van der Waals surface area contributed by atoms with Gasteiger partial charge in [0.05, 0.1) is 0 Å². The SMILES string of the molecule is CCSN(C)CC. The zero-order valence-corrected chi connectivity index (χ0v) is 6.09. The smallest absolute Gasteiger partial charge is 0.00577 e. The lowest BCUT2D eigenvalue weighted by molar-refractivity contribution is 0.603. The molecule has 0 heterocycles. The average Bonchev–Trinajstić information content (AvgIpc) is 1.68. The van der Waals surface area contributed by atoms with Gasteiger partial charge in [0.1, 0.15) is 0 Å². The molecule has 0 atom stereocenters. The van der Waals surface area contributed by atoms with E-state index in [-0.39, 0.29) is 0 Å². The van der Waals surface area contributed by atoms with Crippen LogP contribution in [0.2, 0.25) is 0 Å². The van der Waals surface area contributed by atoms with E-state index in [2.05, 4.69) is 25.2 Å². The maximum Gasteiger partial charge on any atom is 0.00577 e. The maximum absolute atomic E-state index is 2.22. The molecular formula is C5H13NS. The summed E-state index contributed by atoms with van der Waals surface area (Å²) < 4.78 is 2.22. The monoisotopic (exact) mass is 119 g/mol. The Morgan fingerprint density at radius 1 is 1.43 bits per heavy atom. The zero-order valence-electron chi connectivity index (χ0n) is 5.27. The van der Waals surface area contributed by atoms with Crippen molar-refractivity contribution < 1.29 is 0 Å². The second-order valence-electron chi connectivity index (χ2n) is 1.36. The molecule has 0 aliphatic rings. The van der Waals surface area contributed by atoms with E-state index in [9.17, 15) is 0 Å². The highest BCUT2D eigenvalue weighted by molar-refractivity contribution is 7.96. The van der Waals surface area contributed by atoms with Gasteiger partial charge in [-0.1, -0.05) is 25.8 Å². The Balaban J connectivity index is 2.83. The molecule has 0 amide bonds. The molecule has 0 fully saturated rings. The molecular weight excluding hydrogens is 106 g/mol. The van der Waals surface area contributed by atoms with Crippen LogP contribution < -0.4 is 0 Å². The average molecular weight is 119 g/mol. The fraction of sp³-hybridized carbons (Fsp3) is 1.00. The Bertz CT molecular complexity index is 39.1. The standard InChI is InChI=1S/C5H13NS/c1-4-6(3)7-5-2/h4-5H2,1-3H3. The molecule has 0 N–H and O–H groups in total. The number of nitrogens with zero attached hydrogens (tertiary/aromatic N) is 1. The molecule has 0 spiro atoms.